The summed E-state index contributed by atoms with van der Waals surface area (Å²) < 4.78 is 50.5. The van der Waals surface area contributed by atoms with Crippen LogP contribution in [0.2, 0.25) is 0 Å². The summed E-state index contributed by atoms with van der Waals surface area (Å²) in [5, 5.41) is 3.03. The van der Waals surface area contributed by atoms with Crippen LogP contribution in [0.1, 0.15) is 49.8 Å². The lowest BCUT2D eigenvalue weighted by Gasteiger charge is -2.18. The van der Waals surface area contributed by atoms with Crippen molar-refractivity contribution in [3.63, 3.8) is 0 Å². The lowest BCUT2D eigenvalue weighted by Crippen LogP contribution is -2.18. The number of carbonyl (C=O) groups is 2. The van der Waals surface area contributed by atoms with Crippen molar-refractivity contribution in [1.82, 2.24) is 5.32 Å². The van der Waals surface area contributed by atoms with Crippen LogP contribution in [-0.4, -0.2) is 32.0 Å². The van der Waals surface area contributed by atoms with Crippen molar-refractivity contribution < 1.29 is 32.2 Å². The van der Waals surface area contributed by atoms with E-state index < -0.39 is 17.7 Å². The Balaban J connectivity index is 2.52. The number of Topliss-reactive ketones (excluding diaryl/α,β-unsaturated/α-hetero) is 1. The third-order valence-corrected chi connectivity index (χ3v) is 5.06. The molecule has 2 aromatic carbocycles. The van der Waals surface area contributed by atoms with Gasteiger partial charge in [-0.1, -0.05) is 12.1 Å². The molecule has 0 aromatic heterocycles. The normalized spacial score (nSPS) is 12.3. The molecule has 0 saturated carbocycles. The topological polar surface area (TPSA) is 64.6 Å². The Hall–Kier alpha value is -2.87. The fraction of sp³-hybridized carbons (Fsp3) is 0.417. The van der Waals surface area contributed by atoms with Crippen molar-refractivity contribution in [1.29, 1.82) is 0 Å². The first-order chi connectivity index (χ1) is 15.1. The highest BCUT2D eigenvalue weighted by Gasteiger charge is 2.31. The zero-order valence-electron chi connectivity index (χ0n) is 18.6. The first-order valence-electron chi connectivity index (χ1n) is 10.3. The fourth-order valence-electron chi connectivity index (χ4n) is 3.28. The molecule has 8 heteroatoms. The van der Waals surface area contributed by atoms with Crippen LogP contribution in [0.4, 0.5) is 13.2 Å². The van der Waals surface area contributed by atoms with Crippen LogP contribution in [0.15, 0.2) is 36.4 Å². The molecule has 1 atom stereocenters. The first kappa shape index (κ1) is 25.4. The van der Waals surface area contributed by atoms with Crippen LogP contribution < -0.4 is 10.1 Å². The summed E-state index contributed by atoms with van der Waals surface area (Å²) in [6.07, 6.45) is -4.21. The summed E-state index contributed by atoms with van der Waals surface area (Å²) in [5.74, 6) is -0.480. The lowest BCUT2D eigenvalue weighted by atomic mass is 9.92. The van der Waals surface area contributed by atoms with E-state index in [0.29, 0.717) is 34.5 Å². The van der Waals surface area contributed by atoms with E-state index in [1.807, 2.05) is 0 Å². The van der Waals surface area contributed by atoms with Crippen molar-refractivity contribution in [2.24, 2.45) is 0 Å². The number of ketones is 1. The summed E-state index contributed by atoms with van der Waals surface area (Å²) in [5.41, 5.74) is 1.42. The summed E-state index contributed by atoms with van der Waals surface area (Å²) in [6, 6.07) is 8.68. The molecule has 0 aliphatic rings. The van der Waals surface area contributed by atoms with Gasteiger partial charge in [0.1, 0.15) is 11.5 Å². The second-order valence-electron chi connectivity index (χ2n) is 7.43. The van der Waals surface area contributed by atoms with E-state index >= 15 is 0 Å². The van der Waals surface area contributed by atoms with E-state index in [1.165, 1.54) is 20.1 Å². The molecule has 0 fully saturated rings. The van der Waals surface area contributed by atoms with Gasteiger partial charge in [-0.05, 0) is 61.7 Å². The highest BCUT2D eigenvalue weighted by Crippen LogP contribution is 2.38. The Labute approximate surface area is 185 Å². The van der Waals surface area contributed by atoms with Crippen molar-refractivity contribution in [3.8, 4) is 16.9 Å². The van der Waals surface area contributed by atoms with Gasteiger partial charge in [0.05, 0.1) is 25.2 Å². The second-order valence-corrected chi connectivity index (χ2v) is 7.43. The van der Waals surface area contributed by atoms with Crippen LogP contribution in [0.25, 0.3) is 11.1 Å². The molecule has 32 heavy (non-hydrogen) atoms. The van der Waals surface area contributed by atoms with Crippen LogP contribution in [-0.2, 0) is 27.0 Å². The van der Waals surface area contributed by atoms with Gasteiger partial charge in [-0.2, -0.15) is 13.2 Å². The molecule has 5 nitrogen and oxygen atoms in total. The van der Waals surface area contributed by atoms with E-state index in [2.05, 4.69) is 5.32 Å². The number of hydrogen-bond donors (Lipinski definition) is 1. The molecule has 0 saturated heterocycles. The zero-order valence-corrected chi connectivity index (χ0v) is 18.6. The quantitative estimate of drug-likeness (QED) is 0.401. The van der Waals surface area contributed by atoms with E-state index in [0.717, 1.165) is 12.1 Å². The number of methoxy groups -OCH3 is 1. The molecule has 0 radical (unpaired) electrons. The Morgan fingerprint density at radius 3 is 2.41 bits per heavy atom. The minimum atomic E-state index is -4.49. The number of hydrogen-bond acceptors (Lipinski definition) is 5. The van der Waals surface area contributed by atoms with Gasteiger partial charge in [-0.25, -0.2) is 0 Å². The SMILES string of the molecule is CCOC(=O)C(C)c1ccc(OC)c(-c2ccc(C(F)(F)F)cc2CNCCC(C)=O)c1. The predicted octanol–water partition coefficient (Wildman–Crippen LogP) is 5.12. The molecule has 0 aliphatic carbocycles. The molecule has 1 N–H and O–H groups in total. The smallest absolute Gasteiger partial charge is 0.416 e. The van der Waals surface area contributed by atoms with Crippen molar-refractivity contribution in [2.45, 2.75) is 45.8 Å². The summed E-state index contributed by atoms with van der Waals surface area (Å²) in [7, 11) is 1.47. The van der Waals surface area contributed by atoms with E-state index in [9.17, 15) is 22.8 Å². The number of esters is 1. The summed E-state index contributed by atoms with van der Waals surface area (Å²) in [6.45, 7) is 5.62. The number of benzene rings is 2. The fourth-order valence-corrected chi connectivity index (χ4v) is 3.28. The van der Waals surface area contributed by atoms with Crippen molar-refractivity contribution in [3.05, 3.63) is 53.1 Å². The van der Waals surface area contributed by atoms with E-state index in [1.54, 1.807) is 32.0 Å². The predicted molar refractivity (Wildman–Crippen MR) is 115 cm³/mol. The Kier molecular flexibility index (Phi) is 8.83. The van der Waals surface area contributed by atoms with Gasteiger partial charge in [0, 0.05) is 25.1 Å². The Bertz CT molecular complexity index is 957. The monoisotopic (exact) mass is 451 g/mol. The van der Waals surface area contributed by atoms with E-state index in [-0.39, 0.29) is 31.3 Å². The highest BCUT2D eigenvalue weighted by molar-refractivity contribution is 5.80. The third kappa shape index (κ3) is 6.56. The summed E-state index contributed by atoms with van der Waals surface area (Å²) >= 11 is 0. The van der Waals surface area contributed by atoms with Crippen LogP contribution >= 0.6 is 0 Å². The van der Waals surface area contributed by atoms with Gasteiger partial charge < -0.3 is 14.8 Å². The van der Waals surface area contributed by atoms with Gasteiger partial charge >= 0.3 is 12.1 Å². The Morgan fingerprint density at radius 1 is 1.09 bits per heavy atom. The van der Waals surface area contributed by atoms with Gasteiger partial charge in [-0.15, -0.1) is 0 Å². The number of ether oxygens (including phenoxy) is 2. The largest absolute Gasteiger partial charge is 0.496 e. The molecule has 0 bridgehead atoms. The number of carbonyl (C=O) groups excluding carboxylic acids is 2. The Morgan fingerprint density at radius 2 is 1.81 bits per heavy atom. The van der Waals surface area contributed by atoms with Crippen molar-refractivity contribution in [2.75, 3.05) is 20.3 Å². The second kappa shape index (κ2) is 11.1. The van der Waals surface area contributed by atoms with Crippen LogP contribution in [0.3, 0.4) is 0 Å². The van der Waals surface area contributed by atoms with Crippen LogP contribution in [0, 0.1) is 0 Å². The molecule has 0 aliphatic heterocycles. The average Bonchev–Trinajstić information content (AvgIpc) is 2.75. The molecule has 2 aromatic rings. The molecule has 0 heterocycles. The number of rotatable bonds is 10. The molecular formula is C24H28F3NO4. The van der Waals surface area contributed by atoms with Gasteiger partial charge in [0.25, 0.3) is 0 Å². The number of alkyl halides is 3. The minimum Gasteiger partial charge on any atom is -0.496 e. The highest BCUT2D eigenvalue weighted by atomic mass is 19.4. The molecule has 0 amide bonds. The van der Waals surface area contributed by atoms with Crippen LogP contribution in [0.5, 0.6) is 5.75 Å². The number of nitrogens with one attached hydrogen (secondary N) is 1. The lowest BCUT2D eigenvalue weighted by molar-refractivity contribution is -0.144. The maximum Gasteiger partial charge on any atom is 0.416 e. The first-order valence-corrected chi connectivity index (χ1v) is 10.3. The molecule has 0 spiro atoms. The molecule has 1 unspecified atom stereocenters. The maximum absolute atomic E-state index is 13.3. The van der Waals surface area contributed by atoms with E-state index in [4.69, 9.17) is 9.47 Å². The summed E-state index contributed by atoms with van der Waals surface area (Å²) in [4.78, 5) is 23.4. The third-order valence-electron chi connectivity index (χ3n) is 5.06. The average molecular weight is 451 g/mol. The molecule has 174 valence electrons. The van der Waals surface area contributed by atoms with Gasteiger partial charge in [0.15, 0.2) is 0 Å². The maximum atomic E-state index is 13.3. The zero-order chi connectivity index (χ0) is 23.9. The molecule has 2 rings (SSSR count). The van der Waals surface area contributed by atoms with Gasteiger partial charge in [-0.3, -0.25) is 9.59 Å². The standard InChI is InChI=1S/C24H28F3NO4/c1-5-32-23(30)16(3)17-6-9-22(31-4)21(13-17)20-8-7-19(24(25,26)27)12-18(20)14-28-11-10-15(2)29/h6-9,12-13,16,28H,5,10-11,14H2,1-4H3. The molecular weight excluding hydrogens is 423 g/mol. The number of halogens is 3. The van der Waals surface area contributed by atoms with Gasteiger partial charge in [0.2, 0.25) is 0 Å². The minimum absolute atomic E-state index is 0.0101. The van der Waals surface area contributed by atoms with Crippen molar-refractivity contribution >= 4 is 11.8 Å².